The summed E-state index contributed by atoms with van der Waals surface area (Å²) >= 11 is 0. The van der Waals surface area contributed by atoms with E-state index in [-0.39, 0.29) is 11.5 Å². The minimum atomic E-state index is -0.447. The molecule has 0 saturated carbocycles. The second-order valence-electron chi connectivity index (χ2n) is 7.33. The van der Waals surface area contributed by atoms with E-state index < -0.39 is 5.91 Å². The number of fused-ring (bicyclic) bond motifs is 1. The third-order valence-electron chi connectivity index (χ3n) is 5.10. The van der Waals surface area contributed by atoms with Gasteiger partial charge in [-0.2, -0.15) is 0 Å². The number of hydrogen-bond acceptors (Lipinski definition) is 7. The number of anilines is 3. The minimum absolute atomic E-state index is 0.0719. The zero-order valence-electron chi connectivity index (χ0n) is 16.4. The lowest BCUT2D eigenvalue weighted by Gasteiger charge is -2.27. The number of nitrogens with zero attached hydrogens (tertiary/aromatic N) is 4. The number of likely N-dealkylation sites (N-methyl/N-ethyl adjacent to an activating group) is 1. The topological polar surface area (TPSA) is 123 Å². The standard InChI is InChI=1S/C21H23N7O/c1-12-7-13(8-14-11-28(2)6-4-16(12)14)17-10-25-20(23)19(27-17)21(29)26-15-3-5-24-18(22)9-15/h3,5,7-10H,4,6,11H2,1-2H3,(H2,23,25)(H3,22,24,26,29). The average molecular weight is 389 g/mol. The van der Waals surface area contributed by atoms with Gasteiger partial charge in [-0.15, -0.1) is 0 Å². The van der Waals surface area contributed by atoms with Gasteiger partial charge in [-0.3, -0.25) is 4.79 Å². The van der Waals surface area contributed by atoms with E-state index in [0.29, 0.717) is 17.2 Å². The number of benzene rings is 1. The average Bonchev–Trinajstić information content (AvgIpc) is 2.67. The number of rotatable bonds is 3. The Morgan fingerprint density at radius 3 is 2.83 bits per heavy atom. The highest BCUT2D eigenvalue weighted by atomic mass is 16.1. The lowest BCUT2D eigenvalue weighted by Crippen LogP contribution is -2.27. The normalized spacial score (nSPS) is 13.7. The van der Waals surface area contributed by atoms with E-state index in [9.17, 15) is 4.79 Å². The summed E-state index contributed by atoms with van der Waals surface area (Å²) in [6.45, 7) is 4.06. The fraction of sp³-hybridized carbons (Fsp3) is 0.238. The Morgan fingerprint density at radius 2 is 2.03 bits per heavy atom. The van der Waals surface area contributed by atoms with Crippen LogP contribution in [0.25, 0.3) is 11.3 Å². The van der Waals surface area contributed by atoms with E-state index in [1.165, 1.54) is 22.9 Å². The van der Waals surface area contributed by atoms with Crippen LogP contribution in [0, 0.1) is 6.92 Å². The summed E-state index contributed by atoms with van der Waals surface area (Å²) in [5.74, 6) is -0.0651. The minimum Gasteiger partial charge on any atom is -0.384 e. The molecule has 29 heavy (non-hydrogen) atoms. The molecule has 1 amide bonds. The largest absolute Gasteiger partial charge is 0.384 e. The van der Waals surface area contributed by atoms with Crippen molar-refractivity contribution in [2.24, 2.45) is 0 Å². The molecule has 3 heterocycles. The van der Waals surface area contributed by atoms with Crippen LogP contribution in [0.2, 0.25) is 0 Å². The molecule has 1 aromatic carbocycles. The van der Waals surface area contributed by atoms with E-state index in [0.717, 1.165) is 25.1 Å². The summed E-state index contributed by atoms with van der Waals surface area (Å²) in [4.78, 5) is 27.6. The van der Waals surface area contributed by atoms with Gasteiger partial charge in [0, 0.05) is 36.6 Å². The molecular weight excluding hydrogens is 366 g/mol. The lowest BCUT2D eigenvalue weighted by molar-refractivity contribution is 0.102. The molecule has 0 spiro atoms. The maximum Gasteiger partial charge on any atom is 0.278 e. The second kappa shape index (κ2) is 7.48. The van der Waals surface area contributed by atoms with Crippen molar-refractivity contribution in [3.8, 4) is 11.3 Å². The van der Waals surface area contributed by atoms with E-state index in [1.807, 2.05) is 0 Å². The SMILES string of the molecule is Cc1cc(-c2cnc(N)c(C(=O)Nc3ccnc(N)c3)n2)cc2c1CCN(C)C2. The summed E-state index contributed by atoms with van der Waals surface area (Å²) in [6.07, 6.45) is 4.15. The van der Waals surface area contributed by atoms with Gasteiger partial charge in [0.2, 0.25) is 0 Å². The van der Waals surface area contributed by atoms with Crippen molar-refractivity contribution in [1.29, 1.82) is 0 Å². The first kappa shape index (κ1) is 18.8. The van der Waals surface area contributed by atoms with Gasteiger partial charge in [0.15, 0.2) is 11.5 Å². The van der Waals surface area contributed by atoms with Crippen LogP contribution in [0.15, 0.2) is 36.7 Å². The predicted molar refractivity (Wildman–Crippen MR) is 113 cm³/mol. The molecule has 1 aliphatic heterocycles. The van der Waals surface area contributed by atoms with E-state index >= 15 is 0 Å². The van der Waals surface area contributed by atoms with Crippen LogP contribution in [0.3, 0.4) is 0 Å². The first-order chi connectivity index (χ1) is 13.9. The summed E-state index contributed by atoms with van der Waals surface area (Å²) in [6, 6.07) is 7.43. The van der Waals surface area contributed by atoms with E-state index in [4.69, 9.17) is 11.5 Å². The van der Waals surface area contributed by atoms with Gasteiger partial charge in [-0.1, -0.05) is 0 Å². The summed E-state index contributed by atoms with van der Waals surface area (Å²) in [7, 11) is 2.11. The molecule has 0 fully saturated rings. The maximum absolute atomic E-state index is 12.7. The first-order valence-corrected chi connectivity index (χ1v) is 9.37. The van der Waals surface area contributed by atoms with Crippen LogP contribution in [0.5, 0.6) is 0 Å². The zero-order valence-corrected chi connectivity index (χ0v) is 16.4. The fourth-order valence-electron chi connectivity index (χ4n) is 3.63. The molecule has 3 aromatic rings. The third kappa shape index (κ3) is 3.88. The number of carbonyl (C=O) groups is 1. The fourth-order valence-corrected chi connectivity index (χ4v) is 3.63. The van der Waals surface area contributed by atoms with Crippen molar-refractivity contribution in [2.75, 3.05) is 30.4 Å². The van der Waals surface area contributed by atoms with Gasteiger partial charge in [0.25, 0.3) is 5.91 Å². The van der Waals surface area contributed by atoms with Crippen LogP contribution in [-0.2, 0) is 13.0 Å². The van der Waals surface area contributed by atoms with Crippen LogP contribution < -0.4 is 16.8 Å². The van der Waals surface area contributed by atoms with Crippen molar-refractivity contribution in [2.45, 2.75) is 19.9 Å². The number of amides is 1. The van der Waals surface area contributed by atoms with Gasteiger partial charge < -0.3 is 21.7 Å². The Hall–Kier alpha value is -3.52. The Bertz CT molecular complexity index is 1100. The molecule has 0 bridgehead atoms. The number of nitrogen functional groups attached to an aromatic ring is 2. The van der Waals surface area contributed by atoms with Crippen molar-refractivity contribution in [3.05, 3.63) is 59.0 Å². The Labute approximate surface area is 169 Å². The number of aryl methyl sites for hydroxylation is 1. The first-order valence-electron chi connectivity index (χ1n) is 9.37. The van der Waals surface area contributed by atoms with Crippen LogP contribution >= 0.6 is 0 Å². The Morgan fingerprint density at radius 1 is 1.21 bits per heavy atom. The van der Waals surface area contributed by atoms with Gasteiger partial charge >= 0.3 is 0 Å². The Balaban J connectivity index is 1.67. The molecule has 0 radical (unpaired) electrons. The van der Waals surface area contributed by atoms with Crippen LogP contribution in [-0.4, -0.2) is 39.4 Å². The maximum atomic E-state index is 12.7. The quantitative estimate of drug-likeness (QED) is 0.628. The lowest BCUT2D eigenvalue weighted by atomic mass is 9.92. The number of aromatic nitrogens is 3. The van der Waals surface area contributed by atoms with Gasteiger partial charge in [-0.25, -0.2) is 15.0 Å². The number of nitrogens with one attached hydrogen (secondary N) is 1. The Kier molecular flexibility index (Phi) is 4.85. The zero-order chi connectivity index (χ0) is 20.5. The van der Waals surface area contributed by atoms with Crippen LogP contribution in [0.1, 0.15) is 27.2 Å². The molecule has 8 nitrogen and oxygen atoms in total. The molecule has 0 unspecified atom stereocenters. The molecule has 1 aliphatic rings. The van der Waals surface area contributed by atoms with Crippen molar-refractivity contribution in [3.63, 3.8) is 0 Å². The second-order valence-corrected chi connectivity index (χ2v) is 7.33. The molecule has 148 valence electrons. The number of nitrogens with two attached hydrogens (primary N) is 2. The highest BCUT2D eigenvalue weighted by Gasteiger charge is 2.19. The van der Waals surface area contributed by atoms with Crippen LogP contribution in [0.4, 0.5) is 17.3 Å². The monoisotopic (exact) mass is 389 g/mol. The van der Waals surface area contributed by atoms with Crippen molar-refractivity contribution >= 4 is 23.2 Å². The predicted octanol–water partition coefficient (Wildman–Crippen LogP) is 2.25. The van der Waals surface area contributed by atoms with Gasteiger partial charge in [-0.05, 0) is 55.3 Å². The van der Waals surface area contributed by atoms with Gasteiger partial charge in [0.05, 0.1) is 11.9 Å². The molecule has 2 aromatic heterocycles. The molecule has 5 N–H and O–H groups in total. The molecular formula is C21H23N7O. The number of pyridine rings is 1. The molecule has 0 aliphatic carbocycles. The summed E-state index contributed by atoms with van der Waals surface area (Å²) in [5.41, 5.74) is 17.6. The van der Waals surface area contributed by atoms with Gasteiger partial charge in [0.1, 0.15) is 5.82 Å². The molecule has 0 atom stereocenters. The number of hydrogen-bond donors (Lipinski definition) is 3. The molecule has 8 heteroatoms. The third-order valence-corrected chi connectivity index (χ3v) is 5.10. The molecule has 4 rings (SSSR count). The smallest absolute Gasteiger partial charge is 0.278 e. The van der Waals surface area contributed by atoms with Crippen molar-refractivity contribution < 1.29 is 4.79 Å². The van der Waals surface area contributed by atoms with E-state index in [2.05, 4.69) is 51.3 Å². The van der Waals surface area contributed by atoms with E-state index in [1.54, 1.807) is 18.3 Å². The molecule has 0 saturated heterocycles. The highest BCUT2D eigenvalue weighted by Crippen LogP contribution is 2.28. The number of carbonyl (C=O) groups excluding carboxylic acids is 1. The summed E-state index contributed by atoms with van der Waals surface area (Å²) < 4.78 is 0. The van der Waals surface area contributed by atoms with Crippen molar-refractivity contribution in [1.82, 2.24) is 19.9 Å². The summed E-state index contributed by atoms with van der Waals surface area (Å²) in [5, 5.41) is 2.74. The highest BCUT2D eigenvalue weighted by molar-refractivity contribution is 6.06.